The summed E-state index contributed by atoms with van der Waals surface area (Å²) in [5, 5.41) is 0. The molecule has 0 aliphatic heterocycles. The summed E-state index contributed by atoms with van der Waals surface area (Å²) in [6, 6.07) is 20.0. The van der Waals surface area contributed by atoms with Crippen LogP contribution < -0.4 is 0 Å². The molecule has 0 aliphatic carbocycles. The Morgan fingerprint density at radius 3 is 0.909 bits per heavy atom. The van der Waals surface area contributed by atoms with Crippen molar-refractivity contribution in [1.29, 1.82) is 0 Å². The van der Waals surface area contributed by atoms with Crippen molar-refractivity contribution in [3.63, 3.8) is 0 Å². The van der Waals surface area contributed by atoms with E-state index in [1.165, 1.54) is 0 Å². The monoisotopic (exact) mass is 327 g/mol. The Morgan fingerprint density at radius 1 is 0.545 bits per heavy atom. The van der Waals surface area contributed by atoms with E-state index in [0.29, 0.717) is 0 Å². The van der Waals surface area contributed by atoms with Crippen molar-refractivity contribution >= 4 is 0 Å². The third-order valence-electron chi connectivity index (χ3n) is 1.11. The number of hydrogen-bond donors (Lipinski definition) is 0. The van der Waals surface area contributed by atoms with E-state index in [-0.39, 0.29) is 22.4 Å². The van der Waals surface area contributed by atoms with Crippen LogP contribution in [0.25, 0.3) is 0 Å². The molecule has 1 radical (unpaired) electrons. The molecule has 0 unspecified atom stereocenters. The summed E-state index contributed by atoms with van der Waals surface area (Å²) >= 11 is 0. The van der Waals surface area contributed by atoms with Crippen LogP contribution in [0.2, 0.25) is 0 Å². The zero-order chi connectivity index (χ0) is 7.07. The summed E-state index contributed by atoms with van der Waals surface area (Å²) in [6.45, 7) is 0. The Balaban J connectivity index is 0.000000167. The molecule has 0 N–H and O–H groups in total. The maximum atomic E-state index is 2.00. The standard InChI is InChI=1S/2C5H5.Au/c2*1-2-4-5-3-1;/h2*1-5H;/q2*-1;. The van der Waals surface area contributed by atoms with Crippen LogP contribution in [-0.4, -0.2) is 0 Å². The first-order valence-corrected chi connectivity index (χ1v) is 3.33. The van der Waals surface area contributed by atoms with Crippen molar-refractivity contribution in [3.8, 4) is 0 Å². The Labute approximate surface area is 83.1 Å². The fraction of sp³-hybridized carbons (Fsp3) is 0. The summed E-state index contributed by atoms with van der Waals surface area (Å²) in [6.07, 6.45) is 0. The number of hydrogen-bond acceptors (Lipinski definition) is 0. The zero-order valence-electron chi connectivity index (χ0n) is 6.08. The van der Waals surface area contributed by atoms with Gasteiger partial charge in [0.25, 0.3) is 0 Å². The topological polar surface area (TPSA) is 0 Å². The molecule has 0 atom stereocenters. The van der Waals surface area contributed by atoms with Crippen molar-refractivity contribution in [3.05, 3.63) is 60.7 Å². The van der Waals surface area contributed by atoms with Crippen molar-refractivity contribution in [1.82, 2.24) is 0 Å². The molecule has 0 heterocycles. The Kier molecular flexibility index (Phi) is 7.16. The minimum atomic E-state index is 0. The largest absolute Gasteiger partial charge is 0.214 e. The third kappa shape index (κ3) is 5.86. The second-order valence-corrected chi connectivity index (χ2v) is 1.92. The average Bonchev–Trinajstić information content (AvgIpc) is 2.67. The second kappa shape index (κ2) is 7.55. The molecule has 0 aliphatic rings. The molecule has 0 saturated carbocycles. The third-order valence-corrected chi connectivity index (χ3v) is 1.11. The maximum absolute atomic E-state index is 2.00. The minimum Gasteiger partial charge on any atom is -0.214 e. The molecule has 0 nitrogen and oxygen atoms in total. The summed E-state index contributed by atoms with van der Waals surface area (Å²) in [5.41, 5.74) is 0. The predicted molar refractivity (Wildman–Crippen MR) is 44.1 cm³/mol. The van der Waals surface area contributed by atoms with E-state index in [4.69, 9.17) is 0 Å². The maximum Gasteiger partial charge on any atom is 0 e. The summed E-state index contributed by atoms with van der Waals surface area (Å²) in [7, 11) is 0. The van der Waals surface area contributed by atoms with E-state index in [9.17, 15) is 0 Å². The smallest absolute Gasteiger partial charge is 0 e. The fourth-order valence-electron chi connectivity index (χ4n) is 0.642. The summed E-state index contributed by atoms with van der Waals surface area (Å²) in [4.78, 5) is 0. The van der Waals surface area contributed by atoms with Crippen LogP contribution in [0.5, 0.6) is 0 Å². The number of rotatable bonds is 0. The van der Waals surface area contributed by atoms with Gasteiger partial charge in [-0.15, -0.1) is 0 Å². The van der Waals surface area contributed by atoms with Gasteiger partial charge in [0.15, 0.2) is 0 Å². The zero-order valence-corrected chi connectivity index (χ0v) is 8.24. The summed E-state index contributed by atoms with van der Waals surface area (Å²) in [5.74, 6) is 0. The van der Waals surface area contributed by atoms with Gasteiger partial charge in [-0.1, -0.05) is 0 Å². The molecule has 0 saturated heterocycles. The van der Waals surface area contributed by atoms with E-state index in [1.54, 1.807) is 0 Å². The quantitative estimate of drug-likeness (QED) is 0.516. The van der Waals surface area contributed by atoms with Crippen LogP contribution >= 0.6 is 0 Å². The van der Waals surface area contributed by atoms with E-state index >= 15 is 0 Å². The molecule has 0 spiro atoms. The molecule has 11 heavy (non-hydrogen) atoms. The van der Waals surface area contributed by atoms with Gasteiger partial charge in [0.2, 0.25) is 0 Å². The van der Waals surface area contributed by atoms with Gasteiger partial charge in [0.05, 0.1) is 0 Å². The van der Waals surface area contributed by atoms with Gasteiger partial charge in [0, 0.05) is 22.4 Å². The Hall–Kier alpha value is -0.560. The normalized spacial score (nSPS) is 7.27. The van der Waals surface area contributed by atoms with E-state index in [2.05, 4.69) is 0 Å². The van der Waals surface area contributed by atoms with Crippen molar-refractivity contribution in [2.75, 3.05) is 0 Å². The molecule has 63 valence electrons. The van der Waals surface area contributed by atoms with Crippen molar-refractivity contribution < 1.29 is 22.4 Å². The van der Waals surface area contributed by atoms with Crippen molar-refractivity contribution in [2.24, 2.45) is 0 Å². The first-order chi connectivity index (χ1) is 5.00. The predicted octanol–water partition coefficient (Wildman–Crippen LogP) is 2.81. The first-order valence-electron chi connectivity index (χ1n) is 3.33. The second-order valence-electron chi connectivity index (χ2n) is 1.92. The first kappa shape index (κ1) is 10.4. The molecule has 2 aromatic carbocycles. The Morgan fingerprint density at radius 2 is 0.818 bits per heavy atom. The molecule has 2 aromatic rings. The fourth-order valence-corrected chi connectivity index (χ4v) is 0.642. The Bertz CT molecular complexity index is 144. The van der Waals surface area contributed by atoms with Crippen LogP contribution in [0.3, 0.4) is 0 Å². The van der Waals surface area contributed by atoms with Crippen LogP contribution in [0, 0.1) is 0 Å². The van der Waals surface area contributed by atoms with Crippen LogP contribution in [-0.2, 0) is 22.4 Å². The van der Waals surface area contributed by atoms with Gasteiger partial charge in [-0.25, -0.2) is 24.3 Å². The van der Waals surface area contributed by atoms with Gasteiger partial charge in [-0.2, -0.15) is 36.4 Å². The van der Waals surface area contributed by atoms with Crippen LogP contribution in [0.4, 0.5) is 0 Å². The van der Waals surface area contributed by atoms with E-state index in [0.717, 1.165) is 0 Å². The average molecular weight is 327 g/mol. The van der Waals surface area contributed by atoms with E-state index < -0.39 is 0 Å². The van der Waals surface area contributed by atoms with Crippen LogP contribution in [0.15, 0.2) is 60.7 Å². The SMILES string of the molecule is [Au].c1cc[cH-]c1.c1cc[cH-]c1. The van der Waals surface area contributed by atoms with Gasteiger partial charge in [0.1, 0.15) is 0 Å². The van der Waals surface area contributed by atoms with E-state index in [1.807, 2.05) is 60.7 Å². The molecular weight excluding hydrogens is 317 g/mol. The molecule has 0 bridgehead atoms. The molecule has 0 aromatic heterocycles. The molecule has 2 rings (SSSR count). The van der Waals surface area contributed by atoms with Gasteiger partial charge in [-0.3, -0.25) is 0 Å². The van der Waals surface area contributed by atoms with Gasteiger partial charge < -0.3 is 0 Å². The summed E-state index contributed by atoms with van der Waals surface area (Å²) < 4.78 is 0. The van der Waals surface area contributed by atoms with Gasteiger partial charge in [-0.05, 0) is 0 Å². The molecule has 1 heteroatoms. The van der Waals surface area contributed by atoms with Gasteiger partial charge >= 0.3 is 0 Å². The molecule has 0 fully saturated rings. The van der Waals surface area contributed by atoms with Crippen LogP contribution in [0.1, 0.15) is 0 Å². The minimum absolute atomic E-state index is 0. The van der Waals surface area contributed by atoms with Crippen molar-refractivity contribution in [2.45, 2.75) is 0 Å². The molecular formula is C10H10Au-2. The molecule has 0 amide bonds.